The molecule has 9 heteroatoms. The number of phosphoric acid groups is 1. The minimum absolute atomic E-state index is 0.0811. The number of allylic oxidation sites excluding steroid dienone is 1. The van der Waals surface area contributed by atoms with E-state index in [0.717, 1.165) is 38.5 Å². The predicted molar refractivity (Wildman–Crippen MR) is 198 cm³/mol. The summed E-state index contributed by atoms with van der Waals surface area (Å²) in [4.78, 5) is 22.6. The van der Waals surface area contributed by atoms with E-state index < -0.39 is 20.0 Å². The lowest BCUT2D eigenvalue weighted by Crippen LogP contribution is -2.45. The lowest BCUT2D eigenvalue weighted by atomic mass is 10.0. The molecule has 0 fully saturated rings. The van der Waals surface area contributed by atoms with Crippen LogP contribution in [0, 0.1) is 0 Å². The fourth-order valence-electron chi connectivity index (χ4n) is 5.84. The Bertz CT molecular complexity index is 754. The van der Waals surface area contributed by atoms with Crippen molar-refractivity contribution in [3.63, 3.8) is 0 Å². The van der Waals surface area contributed by atoms with Crippen LogP contribution in [0.3, 0.4) is 0 Å². The van der Waals surface area contributed by atoms with Crippen molar-refractivity contribution in [3.05, 3.63) is 12.2 Å². The van der Waals surface area contributed by atoms with Crippen molar-refractivity contribution in [1.82, 2.24) is 5.32 Å². The summed E-state index contributed by atoms with van der Waals surface area (Å²) in [7, 11) is -4.33. The van der Waals surface area contributed by atoms with E-state index in [4.69, 9.17) is 14.8 Å². The van der Waals surface area contributed by atoms with E-state index in [2.05, 4.69) is 19.2 Å². The lowest BCUT2D eigenvalue weighted by molar-refractivity contribution is -0.123. The Labute approximate surface area is 290 Å². The zero-order valence-corrected chi connectivity index (χ0v) is 31.7. The molecule has 8 nitrogen and oxygen atoms in total. The van der Waals surface area contributed by atoms with Crippen LogP contribution in [0.2, 0.25) is 0 Å². The fourth-order valence-corrected chi connectivity index (χ4v) is 6.60. The van der Waals surface area contributed by atoms with Gasteiger partial charge < -0.3 is 21.1 Å². The maximum absolute atomic E-state index is 12.7. The average molecular weight is 689 g/mol. The van der Waals surface area contributed by atoms with Gasteiger partial charge in [0, 0.05) is 13.0 Å². The Kier molecular flexibility index (Phi) is 34.5. The van der Waals surface area contributed by atoms with Gasteiger partial charge in [0.2, 0.25) is 5.91 Å². The van der Waals surface area contributed by atoms with Crippen molar-refractivity contribution < 1.29 is 28.4 Å². The van der Waals surface area contributed by atoms with Gasteiger partial charge >= 0.3 is 7.82 Å². The van der Waals surface area contributed by atoms with Crippen molar-refractivity contribution in [1.29, 1.82) is 0 Å². The molecule has 0 saturated heterocycles. The molecule has 280 valence electrons. The largest absolute Gasteiger partial charge is 0.472 e. The summed E-state index contributed by atoms with van der Waals surface area (Å²) in [6, 6.07) is -0.852. The van der Waals surface area contributed by atoms with Crippen molar-refractivity contribution in [2.24, 2.45) is 5.73 Å². The summed E-state index contributed by atoms with van der Waals surface area (Å²) >= 11 is 0. The molecule has 0 bridgehead atoms. The third-order valence-electron chi connectivity index (χ3n) is 8.86. The zero-order chi connectivity index (χ0) is 34.7. The molecule has 5 N–H and O–H groups in total. The highest BCUT2D eigenvalue weighted by molar-refractivity contribution is 7.47. The van der Waals surface area contributed by atoms with Gasteiger partial charge in [0.15, 0.2) is 0 Å². The summed E-state index contributed by atoms with van der Waals surface area (Å²) < 4.78 is 22.0. The molecule has 0 aliphatic rings. The Hall–Kier alpha value is -0.760. The molecule has 0 aliphatic carbocycles. The molecule has 0 radical (unpaired) electrons. The topological polar surface area (TPSA) is 131 Å². The monoisotopic (exact) mass is 689 g/mol. The van der Waals surface area contributed by atoms with Gasteiger partial charge in [0.1, 0.15) is 0 Å². The summed E-state index contributed by atoms with van der Waals surface area (Å²) in [5.74, 6) is -0.193. The number of hydrogen-bond acceptors (Lipinski definition) is 6. The van der Waals surface area contributed by atoms with Crippen LogP contribution in [0.1, 0.15) is 194 Å². The Morgan fingerprint density at radius 2 is 1.09 bits per heavy atom. The molecular formula is C38H77N2O6P. The first-order chi connectivity index (χ1) is 22.9. The van der Waals surface area contributed by atoms with E-state index in [1.165, 1.54) is 135 Å². The number of aliphatic hydroxyl groups excluding tert-OH is 1. The van der Waals surface area contributed by atoms with Crippen molar-refractivity contribution in [3.8, 4) is 0 Å². The molecule has 0 rings (SSSR count). The molecule has 47 heavy (non-hydrogen) atoms. The van der Waals surface area contributed by atoms with Gasteiger partial charge in [-0.2, -0.15) is 0 Å². The van der Waals surface area contributed by atoms with E-state index >= 15 is 0 Å². The number of unbranched alkanes of at least 4 members (excludes halogenated alkanes) is 25. The Balaban J connectivity index is 4.27. The molecule has 0 heterocycles. The SMILES string of the molecule is CCCCCCCCCCCCCCC/C=C/C(O)C(COP(=O)(O)OCCN)NC(=O)CCCCCCCCCCCCCCC. The molecule has 3 atom stereocenters. The highest BCUT2D eigenvalue weighted by Gasteiger charge is 2.26. The number of aliphatic hydroxyl groups is 1. The van der Waals surface area contributed by atoms with Gasteiger partial charge in [-0.25, -0.2) is 4.57 Å². The molecule has 0 aromatic carbocycles. The third kappa shape index (κ3) is 33.5. The van der Waals surface area contributed by atoms with Crippen LogP contribution in [0.25, 0.3) is 0 Å². The van der Waals surface area contributed by atoms with E-state index in [0.29, 0.717) is 6.42 Å². The molecule has 0 aliphatic heterocycles. The van der Waals surface area contributed by atoms with Crippen LogP contribution >= 0.6 is 7.82 Å². The molecular weight excluding hydrogens is 611 g/mol. The van der Waals surface area contributed by atoms with Crippen molar-refractivity contribution in [2.75, 3.05) is 19.8 Å². The van der Waals surface area contributed by atoms with Crippen molar-refractivity contribution in [2.45, 2.75) is 206 Å². The molecule has 0 aromatic heterocycles. The van der Waals surface area contributed by atoms with Gasteiger partial charge in [-0.1, -0.05) is 180 Å². The second-order valence-corrected chi connectivity index (χ2v) is 15.0. The maximum atomic E-state index is 12.7. The van der Waals surface area contributed by atoms with Crippen LogP contribution in [0.4, 0.5) is 0 Å². The number of nitrogens with two attached hydrogens (primary N) is 1. The van der Waals surface area contributed by atoms with Gasteiger partial charge in [-0.05, 0) is 19.3 Å². The van der Waals surface area contributed by atoms with E-state index in [1.54, 1.807) is 6.08 Å². The second kappa shape index (κ2) is 35.1. The second-order valence-electron chi connectivity index (χ2n) is 13.5. The van der Waals surface area contributed by atoms with Crippen LogP contribution in [-0.4, -0.2) is 47.8 Å². The van der Waals surface area contributed by atoms with Crippen molar-refractivity contribution >= 4 is 13.7 Å². The first kappa shape index (κ1) is 46.2. The van der Waals surface area contributed by atoms with Crippen LogP contribution in [0.5, 0.6) is 0 Å². The first-order valence-electron chi connectivity index (χ1n) is 19.8. The molecule has 0 saturated carbocycles. The number of phosphoric ester groups is 1. The predicted octanol–water partition coefficient (Wildman–Crippen LogP) is 10.4. The van der Waals surface area contributed by atoms with Crippen LogP contribution in [-0.2, 0) is 18.4 Å². The number of hydrogen-bond donors (Lipinski definition) is 4. The minimum atomic E-state index is -4.33. The zero-order valence-electron chi connectivity index (χ0n) is 30.8. The fraction of sp³-hybridized carbons (Fsp3) is 0.921. The number of carbonyl (C=O) groups excluding carboxylic acids is 1. The smallest absolute Gasteiger partial charge is 0.387 e. The summed E-state index contributed by atoms with van der Waals surface area (Å²) in [5.41, 5.74) is 5.36. The minimum Gasteiger partial charge on any atom is -0.387 e. The number of amides is 1. The highest BCUT2D eigenvalue weighted by atomic mass is 31.2. The van der Waals surface area contributed by atoms with E-state index in [1.807, 2.05) is 6.08 Å². The standard InChI is InChI=1S/C38H77N2O6P/c1-3-5-7-9-11-13-15-17-18-20-21-23-25-27-29-31-37(41)36(35-46-47(43,44)45-34-33-39)40-38(42)32-30-28-26-24-22-19-16-14-12-10-8-6-4-2/h29,31,36-37,41H,3-28,30,32-35,39H2,1-2H3,(H,40,42)(H,43,44)/b31-29+. The normalized spacial score (nSPS) is 14.4. The highest BCUT2D eigenvalue weighted by Crippen LogP contribution is 2.43. The molecule has 0 spiro atoms. The summed E-state index contributed by atoms with van der Waals surface area (Å²) in [6.07, 6.45) is 36.8. The van der Waals surface area contributed by atoms with Gasteiger partial charge in [0.25, 0.3) is 0 Å². The third-order valence-corrected chi connectivity index (χ3v) is 9.85. The molecule has 0 aromatic rings. The molecule has 1 amide bonds. The Morgan fingerprint density at radius 1 is 0.681 bits per heavy atom. The van der Waals surface area contributed by atoms with E-state index in [-0.39, 0.29) is 25.7 Å². The van der Waals surface area contributed by atoms with Crippen LogP contribution < -0.4 is 11.1 Å². The maximum Gasteiger partial charge on any atom is 0.472 e. The quantitative estimate of drug-likeness (QED) is 0.0290. The number of nitrogens with one attached hydrogen (secondary N) is 1. The lowest BCUT2D eigenvalue weighted by Gasteiger charge is -2.23. The summed E-state index contributed by atoms with van der Waals surface area (Å²) in [5, 5.41) is 13.6. The summed E-state index contributed by atoms with van der Waals surface area (Å²) in [6.45, 7) is 4.13. The van der Waals surface area contributed by atoms with Gasteiger partial charge in [0.05, 0.1) is 25.4 Å². The molecule has 3 unspecified atom stereocenters. The number of rotatable bonds is 37. The average Bonchev–Trinajstić information content (AvgIpc) is 3.05. The van der Waals surface area contributed by atoms with Gasteiger partial charge in [-0.15, -0.1) is 0 Å². The number of carbonyl (C=O) groups is 1. The van der Waals surface area contributed by atoms with Gasteiger partial charge in [-0.3, -0.25) is 13.8 Å². The van der Waals surface area contributed by atoms with E-state index in [9.17, 15) is 19.4 Å². The van der Waals surface area contributed by atoms with Crippen LogP contribution in [0.15, 0.2) is 12.2 Å². The Morgan fingerprint density at radius 3 is 1.51 bits per heavy atom. The first-order valence-corrected chi connectivity index (χ1v) is 21.3.